The molecule has 3 atom stereocenters. The van der Waals surface area contributed by atoms with Crippen LogP contribution in [0.25, 0.3) is 0 Å². The van der Waals surface area contributed by atoms with Gasteiger partial charge < -0.3 is 10.6 Å². The molecular formula is C33H41Cl2FN4O2. The molecule has 226 valence electrons. The molecule has 4 aliphatic rings. The Labute approximate surface area is 257 Å². The molecule has 2 saturated carbocycles. The lowest BCUT2D eigenvalue weighted by Crippen LogP contribution is -2.61. The van der Waals surface area contributed by atoms with Gasteiger partial charge in [-0.05, 0) is 97.9 Å². The Morgan fingerprint density at radius 3 is 2.43 bits per heavy atom. The molecular weight excluding hydrogens is 574 g/mol. The summed E-state index contributed by atoms with van der Waals surface area (Å²) in [7, 11) is 0. The van der Waals surface area contributed by atoms with Gasteiger partial charge in [0.1, 0.15) is 5.41 Å². The number of pyridine rings is 1. The highest BCUT2D eigenvalue weighted by atomic mass is 35.5. The van der Waals surface area contributed by atoms with Gasteiger partial charge in [0.15, 0.2) is 11.0 Å². The number of anilines is 1. The fraction of sp³-hybridized carbons (Fsp3) is 0.606. The number of halogens is 3. The van der Waals surface area contributed by atoms with Crippen LogP contribution >= 0.6 is 23.2 Å². The lowest BCUT2D eigenvalue weighted by atomic mass is 9.53. The monoisotopic (exact) mass is 614 g/mol. The predicted octanol–water partition coefficient (Wildman–Crippen LogP) is 7.14. The van der Waals surface area contributed by atoms with E-state index in [1.807, 2.05) is 6.07 Å². The van der Waals surface area contributed by atoms with Gasteiger partial charge in [0.2, 0.25) is 11.8 Å². The Morgan fingerprint density at radius 2 is 1.76 bits per heavy atom. The Morgan fingerprint density at radius 1 is 1.07 bits per heavy atom. The second-order valence-electron chi connectivity index (χ2n) is 14.2. The summed E-state index contributed by atoms with van der Waals surface area (Å²) in [5.41, 5.74) is -0.373. The first-order chi connectivity index (χ1) is 19.9. The van der Waals surface area contributed by atoms with Gasteiger partial charge in [0.05, 0.1) is 6.04 Å². The maximum Gasteiger partial charge on any atom is 0.238 e. The zero-order chi connectivity index (χ0) is 30.0. The summed E-state index contributed by atoms with van der Waals surface area (Å²) in [5, 5.41) is 10.4. The third-order valence-electron chi connectivity index (χ3n) is 11.0. The van der Waals surface area contributed by atoms with Crippen LogP contribution in [0.1, 0.15) is 96.1 Å². The predicted molar refractivity (Wildman–Crippen MR) is 164 cm³/mol. The van der Waals surface area contributed by atoms with E-state index in [2.05, 4.69) is 48.6 Å². The molecule has 6 nitrogen and oxygen atoms in total. The molecule has 2 aromatic rings. The Kier molecular flexibility index (Phi) is 7.63. The first-order valence-corrected chi connectivity index (χ1v) is 16.1. The van der Waals surface area contributed by atoms with E-state index in [-0.39, 0.29) is 34.0 Å². The Bertz CT molecular complexity index is 1400. The van der Waals surface area contributed by atoms with E-state index in [1.54, 1.807) is 18.2 Å². The Hall–Kier alpha value is -2.22. The van der Waals surface area contributed by atoms with Gasteiger partial charge >= 0.3 is 0 Å². The minimum Gasteiger partial charge on any atom is -0.352 e. The van der Waals surface area contributed by atoms with Crippen LogP contribution in [0, 0.1) is 23.1 Å². The number of carbonyl (C=O) groups excluding carboxylic acids is 2. The molecule has 3 heterocycles. The standard InChI is InChI=1S/C33H41Cl2FN4O2/c1-18(2)19-5-8-21(9-6-19)38-29(41)27-25(22-11-16-37-28(35)26(22)36)33(32(40-27)14-12-31(3,4)13-15-32)23-10-7-20(34)17-24(23)39-30(33)42/h7,10-11,16-19,21,25,27,40H,5-6,8-9,12-15H2,1-4H3,(H,38,41)(H,39,42)/t19?,21?,25-,27+,33+/m0/s1. The molecule has 3 N–H and O–H groups in total. The van der Waals surface area contributed by atoms with Gasteiger partial charge in [-0.3, -0.25) is 14.9 Å². The molecule has 2 aliphatic heterocycles. The molecule has 3 fully saturated rings. The van der Waals surface area contributed by atoms with Crippen LogP contribution < -0.4 is 16.0 Å². The third-order valence-corrected chi connectivity index (χ3v) is 11.5. The lowest BCUT2D eigenvalue weighted by molar-refractivity contribution is -0.125. The highest BCUT2D eigenvalue weighted by Crippen LogP contribution is 2.64. The van der Waals surface area contributed by atoms with Crippen molar-refractivity contribution in [3.05, 3.63) is 57.6 Å². The van der Waals surface area contributed by atoms with Gasteiger partial charge in [0.25, 0.3) is 0 Å². The molecule has 0 bridgehead atoms. The summed E-state index contributed by atoms with van der Waals surface area (Å²) in [4.78, 5) is 32.9. The van der Waals surface area contributed by atoms with Crippen molar-refractivity contribution in [3.63, 3.8) is 0 Å². The molecule has 6 rings (SSSR count). The second kappa shape index (κ2) is 10.7. The van der Waals surface area contributed by atoms with E-state index in [0.29, 0.717) is 35.4 Å². The number of fused-ring (bicyclic) bond motifs is 3. The van der Waals surface area contributed by atoms with E-state index < -0.39 is 28.7 Å². The van der Waals surface area contributed by atoms with Crippen LogP contribution in [0.4, 0.5) is 10.1 Å². The molecule has 1 aromatic carbocycles. The van der Waals surface area contributed by atoms with Crippen LogP contribution in [0.2, 0.25) is 10.2 Å². The van der Waals surface area contributed by atoms with Gasteiger partial charge in [0, 0.05) is 34.4 Å². The molecule has 0 radical (unpaired) electrons. The number of benzene rings is 1. The van der Waals surface area contributed by atoms with E-state index in [1.165, 1.54) is 6.20 Å². The van der Waals surface area contributed by atoms with Gasteiger partial charge in [-0.2, -0.15) is 0 Å². The fourth-order valence-corrected chi connectivity index (χ4v) is 8.89. The zero-order valence-electron chi connectivity index (χ0n) is 24.8. The average Bonchev–Trinajstić information content (AvgIpc) is 3.40. The number of nitrogens with one attached hydrogen (secondary N) is 3. The highest BCUT2D eigenvalue weighted by molar-refractivity contribution is 6.31. The van der Waals surface area contributed by atoms with Crippen LogP contribution in [-0.2, 0) is 15.0 Å². The normalized spacial score (nSPS) is 31.4. The summed E-state index contributed by atoms with van der Waals surface area (Å²) in [5.74, 6) is -0.704. The Balaban J connectivity index is 1.49. The van der Waals surface area contributed by atoms with Crippen molar-refractivity contribution in [1.82, 2.24) is 15.6 Å². The summed E-state index contributed by atoms with van der Waals surface area (Å²) < 4.78 is 16.0. The number of aromatic nitrogens is 1. The number of hydrogen-bond acceptors (Lipinski definition) is 4. The topological polar surface area (TPSA) is 83.1 Å². The van der Waals surface area contributed by atoms with Crippen LogP contribution in [0.3, 0.4) is 0 Å². The average molecular weight is 616 g/mol. The maximum atomic E-state index is 16.0. The number of hydrogen-bond donors (Lipinski definition) is 3. The minimum absolute atomic E-state index is 0.0436. The first kappa shape index (κ1) is 29.8. The minimum atomic E-state index is -1.26. The largest absolute Gasteiger partial charge is 0.352 e. The molecule has 0 unspecified atom stereocenters. The number of rotatable bonds is 4. The first-order valence-electron chi connectivity index (χ1n) is 15.4. The molecule has 9 heteroatoms. The third kappa shape index (κ3) is 4.66. The number of carbonyl (C=O) groups is 2. The van der Waals surface area contributed by atoms with E-state index in [4.69, 9.17) is 23.2 Å². The smallest absolute Gasteiger partial charge is 0.238 e. The van der Waals surface area contributed by atoms with Crippen molar-refractivity contribution in [3.8, 4) is 0 Å². The number of nitrogens with zero attached hydrogens (tertiary/aromatic N) is 1. The van der Waals surface area contributed by atoms with Crippen LogP contribution in [0.15, 0.2) is 30.5 Å². The lowest BCUT2D eigenvalue weighted by Gasteiger charge is -2.50. The van der Waals surface area contributed by atoms with Crippen molar-refractivity contribution >= 4 is 40.7 Å². The van der Waals surface area contributed by atoms with Gasteiger partial charge in [-0.15, -0.1) is 0 Å². The zero-order valence-corrected chi connectivity index (χ0v) is 26.3. The molecule has 2 spiro atoms. The van der Waals surface area contributed by atoms with Crippen molar-refractivity contribution < 1.29 is 14.0 Å². The van der Waals surface area contributed by atoms with Gasteiger partial charge in [-0.25, -0.2) is 9.37 Å². The summed E-state index contributed by atoms with van der Waals surface area (Å²) in [6.07, 6.45) is 8.46. The SMILES string of the molecule is CC(C)C1CCC(NC(=O)[C@@H]2NC3(CCC(C)(C)CC3)[C@@]3(C(=O)Nc4cc(Cl)ccc43)[C@H]2c2ccnc(Cl)c2F)CC1. The molecule has 2 amide bonds. The molecule has 1 saturated heterocycles. The summed E-state index contributed by atoms with van der Waals surface area (Å²) in [6, 6.07) is 6.17. The molecule has 42 heavy (non-hydrogen) atoms. The summed E-state index contributed by atoms with van der Waals surface area (Å²) >= 11 is 12.6. The van der Waals surface area contributed by atoms with Crippen molar-refractivity contribution in [2.75, 3.05) is 5.32 Å². The molecule has 1 aromatic heterocycles. The van der Waals surface area contributed by atoms with E-state index >= 15 is 4.39 Å². The van der Waals surface area contributed by atoms with Crippen molar-refractivity contribution in [1.29, 1.82) is 0 Å². The van der Waals surface area contributed by atoms with Gasteiger partial charge in [-0.1, -0.05) is 57.0 Å². The van der Waals surface area contributed by atoms with Crippen molar-refractivity contribution in [2.45, 2.75) is 108 Å². The maximum absolute atomic E-state index is 16.0. The second-order valence-corrected chi connectivity index (χ2v) is 15.0. The summed E-state index contributed by atoms with van der Waals surface area (Å²) in [6.45, 7) is 8.99. The fourth-order valence-electron chi connectivity index (χ4n) is 8.55. The quantitative estimate of drug-likeness (QED) is 0.320. The highest BCUT2D eigenvalue weighted by Gasteiger charge is 2.73. The van der Waals surface area contributed by atoms with Crippen molar-refractivity contribution in [2.24, 2.45) is 17.3 Å². The van der Waals surface area contributed by atoms with Crippen LogP contribution in [0.5, 0.6) is 0 Å². The molecule has 2 aliphatic carbocycles. The number of amides is 2. The van der Waals surface area contributed by atoms with Crippen LogP contribution in [-0.4, -0.2) is 34.4 Å². The van der Waals surface area contributed by atoms with E-state index in [0.717, 1.165) is 44.1 Å². The van der Waals surface area contributed by atoms with E-state index in [9.17, 15) is 9.59 Å².